The van der Waals surface area contributed by atoms with Crippen molar-refractivity contribution < 1.29 is 19.1 Å². The summed E-state index contributed by atoms with van der Waals surface area (Å²) >= 11 is 0. The Morgan fingerprint density at radius 2 is 1.31 bits per heavy atom. The number of hydrogen-bond donors (Lipinski definition) is 0. The predicted molar refractivity (Wildman–Crippen MR) is 132 cm³/mol. The summed E-state index contributed by atoms with van der Waals surface area (Å²) in [5.74, 6) is 0.258. The second-order valence-electron chi connectivity index (χ2n) is 10.4. The van der Waals surface area contributed by atoms with Gasteiger partial charge in [0.05, 0.1) is 25.0 Å². The van der Waals surface area contributed by atoms with E-state index in [4.69, 9.17) is 9.47 Å². The van der Waals surface area contributed by atoms with Gasteiger partial charge in [-0.25, -0.2) is 0 Å². The second kappa shape index (κ2) is 18.4. The van der Waals surface area contributed by atoms with Crippen molar-refractivity contribution in [2.45, 2.75) is 130 Å². The maximum Gasteiger partial charge on any atom is 0.309 e. The van der Waals surface area contributed by atoms with Crippen LogP contribution in [0.1, 0.15) is 130 Å². The van der Waals surface area contributed by atoms with Crippen molar-refractivity contribution in [2.24, 2.45) is 23.7 Å². The lowest BCUT2D eigenvalue weighted by atomic mass is 9.79. The zero-order valence-corrected chi connectivity index (χ0v) is 21.7. The van der Waals surface area contributed by atoms with Crippen LogP contribution in [-0.2, 0) is 19.1 Å². The topological polar surface area (TPSA) is 52.6 Å². The molecule has 1 aliphatic rings. The number of rotatable bonds is 18. The highest BCUT2D eigenvalue weighted by Gasteiger charge is 2.38. The van der Waals surface area contributed by atoms with Gasteiger partial charge in [0.15, 0.2) is 0 Å². The minimum absolute atomic E-state index is 0.181. The minimum Gasteiger partial charge on any atom is -0.465 e. The maximum absolute atomic E-state index is 12.7. The molecule has 4 nitrogen and oxygen atoms in total. The van der Waals surface area contributed by atoms with Crippen molar-refractivity contribution >= 4 is 11.9 Å². The fraction of sp³-hybridized carbons (Fsp3) is 0.929. The van der Waals surface area contributed by atoms with Crippen LogP contribution in [0.4, 0.5) is 0 Å². The van der Waals surface area contributed by atoms with Crippen molar-refractivity contribution in [1.82, 2.24) is 0 Å². The van der Waals surface area contributed by atoms with Gasteiger partial charge in [-0.2, -0.15) is 0 Å². The molecule has 0 radical (unpaired) electrons. The summed E-state index contributed by atoms with van der Waals surface area (Å²) in [7, 11) is 0. The first-order valence-electron chi connectivity index (χ1n) is 13.8. The molecule has 3 atom stereocenters. The van der Waals surface area contributed by atoms with Crippen LogP contribution in [-0.4, -0.2) is 25.2 Å². The number of hydrogen-bond acceptors (Lipinski definition) is 4. The highest BCUT2D eigenvalue weighted by molar-refractivity contribution is 5.82. The standard InChI is InChI=1S/C28H52O4/c1-5-7-18-24(6-2)22-32-28(30)26-20-15-14-19-25(26)27(29)31-21-16-12-10-8-9-11-13-17-23(3)4/h23-26H,5-22H2,1-4H3. The monoisotopic (exact) mass is 452 g/mol. The van der Waals surface area contributed by atoms with Crippen LogP contribution in [0.5, 0.6) is 0 Å². The van der Waals surface area contributed by atoms with Crippen molar-refractivity contribution in [3.63, 3.8) is 0 Å². The summed E-state index contributed by atoms with van der Waals surface area (Å²) in [6.07, 6.45) is 17.8. The Morgan fingerprint density at radius 3 is 1.88 bits per heavy atom. The summed E-state index contributed by atoms with van der Waals surface area (Å²) in [6.45, 7) is 9.89. The largest absolute Gasteiger partial charge is 0.465 e. The Balaban J connectivity index is 2.24. The van der Waals surface area contributed by atoms with Crippen molar-refractivity contribution in [3.8, 4) is 0 Å². The molecule has 0 heterocycles. The van der Waals surface area contributed by atoms with E-state index < -0.39 is 0 Å². The normalized spacial score (nSPS) is 19.7. The number of ether oxygens (including phenoxy) is 2. The molecule has 0 aromatic heterocycles. The molecule has 1 saturated carbocycles. The highest BCUT2D eigenvalue weighted by atomic mass is 16.5. The molecule has 4 heteroatoms. The Labute approximate surface area is 198 Å². The molecule has 0 aromatic carbocycles. The van der Waals surface area contributed by atoms with E-state index in [1.807, 2.05) is 0 Å². The molecule has 0 saturated heterocycles. The third-order valence-electron chi connectivity index (χ3n) is 7.05. The van der Waals surface area contributed by atoms with Crippen molar-refractivity contribution in [1.29, 1.82) is 0 Å². The molecule has 3 unspecified atom stereocenters. The quantitative estimate of drug-likeness (QED) is 0.157. The van der Waals surface area contributed by atoms with Gasteiger partial charge < -0.3 is 9.47 Å². The van der Waals surface area contributed by atoms with E-state index in [1.165, 1.54) is 51.4 Å². The molecule has 1 rings (SSSR count). The SMILES string of the molecule is CCCCC(CC)COC(=O)C1CCCCC1C(=O)OCCCCCCCCCC(C)C. The average molecular weight is 453 g/mol. The van der Waals surface area contributed by atoms with E-state index >= 15 is 0 Å². The van der Waals surface area contributed by atoms with Crippen LogP contribution >= 0.6 is 0 Å². The van der Waals surface area contributed by atoms with E-state index in [9.17, 15) is 9.59 Å². The van der Waals surface area contributed by atoms with E-state index in [-0.39, 0.29) is 23.8 Å². The van der Waals surface area contributed by atoms with Crippen LogP contribution in [0.15, 0.2) is 0 Å². The summed E-state index contributed by atoms with van der Waals surface area (Å²) in [5, 5.41) is 0. The second-order valence-corrected chi connectivity index (χ2v) is 10.4. The molecule has 0 N–H and O–H groups in total. The highest BCUT2D eigenvalue weighted by Crippen LogP contribution is 2.32. The lowest BCUT2D eigenvalue weighted by Gasteiger charge is -2.29. The summed E-state index contributed by atoms with van der Waals surface area (Å²) in [6, 6.07) is 0. The minimum atomic E-state index is -0.314. The predicted octanol–water partition coefficient (Wildman–Crippen LogP) is 7.87. The maximum atomic E-state index is 12.7. The Morgan fingerprint density at radius 1 is 0.750 bits per heavy atom. The van der Waals surface area contributed by atoms with E-state index in [2.05, 4.69) is 27.7 Å². The fourth-order valence-corrected chi connectivity index (χ4v) is 4.72. The number of carbonyl (C=O) groups excluding carboxylic acids is 2. The molecule has 0 aliphatic heterocycles. The molecule has 1 aliphatic carbocycles. The van der Waals surface area contributed by atoms with Gasteiger partial charge in [0, 0.05) is 0 Å². The van der Waals surface area contributed by atoms with Gasteiger partial charge in [0.25, 0.3) is 0 Å². The van der Waals surface area contributed by atoms with Gasteiger partial charge >= 0.3 is 11.9 Å². The fourth-order valence-electron chi connectivity index (χ4n) is 4.72. The summed E-state index contributed by atoms with van der Waals surface area (Å²) in [4.78, 5) is 25.4. The van der Waals surface area contributed by atoms with Gasteiger partial charge in [-0.05, 0) is 37.5 Å². The molecular formula is C28H52O4. The molecule has 0 aromatic rings. The Hall–Kier alpha value is -1.06. The van der Waals surface area contributed by atoms with Crippen molar-refractivity contribution in [2.75, 3.05) is 13.2 Å². The van der Waals surface area contributed by atoms with Crippen LogP contribution < -0.4 is 0 Å². The first-order valence-corrected chi connectivity index (χ1v) is 13.8. The third-order valence-corrected chi connectivity index (χ3v) is 7.05. The zero-order valence-electron chi connectivity index (χ0n) is 21.7. The smallest absolute Gasteiger partial charge is 0.309 e. The number of carbonyl (C=O) groups is 2. The number of unbranched alkanes of at least 4 members (excludes halogenated alkanes) is 7. The molecule has 0 amide bonds. The summed E-state index contributed by atoms with van der Waals surface area (Å²) in [5.41, 5.74) is 0. The van der Waals surface area contributed by atoms with Crippen LogP contribution in [0, 0.1) is 23.7 Å². The van der Waals surface area contributed by atoms with Crippen LogP contribution in [0.25, 0.3) is 0 Å². The number of esters is 2. The van der Waals surface area contributed by atoms with Gasteiger partial charge in [0.1, 0.15) is 0 Å². The van der Waals surface area contributed by atoms with E-state index in [1.54, 1.807) is 0 Å². The molecule has 32 heavy (non-hydrogen) atoms. The van der Waals surface area contributed by atoms with E-state index in [0.29, 0.717) is 19.1 Å². The first kappa shape index (κ1) is 29.0. The first-order chi connectivity index (χ1) is 15.5. The Kier molecular flexibility index (Phi) is 16.6. The van der Waals surface area contributed by atoms with Gasteiger partial charge in [-0.1, -0.05) is 105 Å². The van der Waals surface area contributed by atoms with Crippen LogP contribution in [0.2, 0.25) is 0 Å². The molecular weight excluding hydrogens is 400 g/mol. The third kappa shape index (κ3) is 12.8. The van der Waals surface area contributed by atoms with Crippen molar-refractivity contribution in [3.05, 3.63) is 0 Å². The molecule has 1 fully saturated rings. The molecule has 0 spiro atoms. The summed E-state index contributed by atoms with van der Waals surface area (Å²) < 4.78 is 11.3. The van der Waals surface area contributed by atoms with Crippen LogP contribution in [0.3, 0.4) is 0 Å². The molecule has 188 valence electrons. The van der Waals surface area contributed by atoms with Gasteiger partial charge in [0.2, 0.25) is 0 Å². The zero-order chi connectivity index (χ0) is 23.6. The van der Waals surface area contributed by atoms with Gasteiger partial charge in [-0.3, -0.25) is 9.59 Å². The lowest BCUT2D eigenvalue weighted by Crippen LogP contribution is -2.35. The van der Waals surface area contributed by atoms with Gasteiger partial charge in [-0.15, -0.1) is 0 Å². The Bertz CT molecular complexity index is 488. The molecule has 0 bridgehead atoms. The average Bonchev–Trinajstić information content (AvgIpc) is 2.79. The van der Waals surface area contributed by atoms with E-state index in [0.717, 1.165) is 57.3 Å². The lowest BCUT2D eigenvalue weighted by molar-refractivity contribution is -0.163.